The highest BCUT2D eigenvalue weighted by Gasteiger charge is 2.36. The van der Waals surface area contributed by atoms with Gasteiger partial charge in [-0.1, -0.05) is 52.0 Å². The van der Waals surface area contributed by atoms with Crippen LogP contribution in [0.2, 0.25) is 0 Å². The van der Waals surface area contributed by atoms with E-state index in [1.54, 1.807) is 23.8 Å². The summed E-state index contributed by atoms with van der Waals surface area (Å²) in [6.45, 7) is 9.90. The van der Waals surface area contributed by atoms with Crippen LogP contribution in [0.5, 0.6) is 0 Å². The normalized spacial score (nSPS) is 14.0. The molecule has 3 amide bonds. The predicted molar refractivity (Wildman–Crippen MR) is 140 cm³/mol. The zero-order valence-electron chi connectivity index (χ0n) is 21.9. The molecule has 3 atom stereocenters. The molecular weight excluding hydrogens is 480 g/mol. The molecule has 0 radical (unpaired) electrons. The van der Waals surface area contributed by atoms with Crippen molar-refractivity contribution in [2.24, 2.45) is 5.41 Å². The predicted octanol–water partition coefficient (Wildman–Crippen LogP) is 2.42. The third kappa shape index (κ3) is 8.11. The van der Waals surface area contributed by atoms with Gasteiger partial charge in [-0.2, -0.15) is 0 Å². The second kappa shape index (κ2) is 12.9. The Labute approximate surface area is 216 Å². The van der Waals surface area contributed by atoms with Crippen molar-refractivity contribution in [2.45, 2.75) is 66.2 Å². The maximum absolute atomic E-state index is 13.4. The van der Waals surface area contributed by atoms with Crippen LogP contribution in [0, 0.1) is 12.3 Å². The summed E-state index contributed by atoms with van der Waals surface area (Å²) in [4.78, 5) is 44.9. The van der Waals surface area contributed by atoms with E-state index in [2.05, 4.69) is 15.6 Å². The zero-order chi connectivity index (χ0) is 27.0. The first-order valence-corrected chi connectivity index (χ1v) is 12.9. The van der Waals surface area contributed by atoms with Crippen molar-refractivity contribution >= 4 is 29.1 Å². The lowest BCUT2D eigenvalue weighted by atomic mass is 9.85. The van der Waals surface area contributed by atoms with Crippen LogP contribution in [0.25, 0.3) is 10.4 Å². The van der Waals surface area contributed by atoms with Crippen LogP contribution in [-0.4, -0.2) is 69.7 Å². The quantitative estimate of drug-likeness (QED) is 0.361. The van der Waals surface area contributed by atoms with E-state index in [1.165, 1.54) is 11.8 Å². The number of nitrogens with zero attached hydrogens (tertiary/aromatic N) is 2. The van der Waals surface area contributed by atoms with Gasteiger partial charge in [0.05, 0.1) is 41.4 Å². The number of aryl methyl sites for hydroxylation is 1. The van der Waals surface area contributed by atoms with Gasteiger partial charge in [-0.25, -0.2) is 4.98 Å². The summed E-state index contributed by atoms with van der Waals surface area (Å²) in [5.74, 6) is -1.22. The molecule has 2 aromatic rings. The Morgan fingerprint density at radius 1 is 1.11 bits per heavy atom. The van der Waals surface area contributed by atoms with Crippen molar-refractivity contribution in [1.82, 2.24) is 20.5 Å². The summed E-state index contributed by atoms with van der Waals surface area (Å²) in [5.41, 5.74) is 3.83. The standard InChI is InChI=1S/C26H38N4O5S/c1-7-21(33)29-24(26(4,5)6)25(35)30(12-16(2)32)13-22(34)28-20(14-31)18-8-10-19(11-9-18)23-17(3)27-15-36-23/h8-11,15-16,20,24,31-32H,7,12-14H2,1-6H3,(H,28,34)(H,29,33). The second-order valence-corrected chi connectivity index (χ2v) is 10.8. The number of hydrogen-bond acceptors (Lipinski definition) is 7. The molecule has 0 bridgehead atoms. The average molecular weight is 519 g/mol. The highest BCUT2D eigenvalue weighted by Crippen LogP contribution is 2.28. The van der Waals surface area contributed by atoms with Gasteiger partial charge in [0, 0.05) is 13.0 Å². The molecule has 3 unspecified atom stereocenters. The van der Waals surface area contributed by atoms with Gasteiger partial charge in [0.15, 0.2) is 0 Å². The lowest BCUT2D eigenvalue weighted by Gasteiger charge is -2.35. The minimum Gasteiger partial charge on any atom is -0.394 e. The van der Waals surface area contributed by atoms with E-state index >= 15 is 0 Å². The van der Waals surface area contributed by atoms with Gasteiger partial charge in [-0.05, 0) is 30.4 Å². The minimum absolute atomic E-state index is 0.0759. The summed E-state index contributed by atoms with van der Waals surface area (Å²) in [5, 5.41) is 25.4. The maximum Gasteiger partial charge on any atom is 0.246 e. The summed E-state index contributed by atoms with van der Waals surface area (Å²) in [7, 11) is 0. The highest BCUT2D eigenvalue weighted by molar-refractivity contribution is 7.13. The van der Waals surface area contributed by atoms with E-state index in [0.717, 1.165) is 16.1 Å². The number of carbonyl (C=O) groups is 3. The molecule has 1 aromatic heterocycles. The van der Waals surface area contributed by atoms with Crippen LogP contribution in [0.1, 0.15) is 58.3 Å². The van der Waals surface area contributed by atoms with Crippen LogP contribution >= 0.6 is 11.3 Å². The molecule has 4 N–H and O–H groups in total. The third-order valence-electron chi connectivity index (χ3n) is 5.71. The fourth-order valence-electron chi connectivity index (χ4n) is 3.74. The number of rotatable bonds is 11. The van der Waals surface area contributed by atoms with Gasteiger partial charge in [0.2, 0.25) is 17.7 Å². The monoisotopic (exact) mass is 518 g/mol. The number of hydrogen-bond donors (Lipinski definition) is 4. The van der Waals surface area contributed by atoms with Crippen LogP contribution < -0.4 is 10.6 Å². The van der Waals surface area contributed by atoms with Crippen molar-refractivity contribution in [1.29, 1.82) is 0 Å². The van der Waals surface area contributed by atoms with E-state index in [-0.39, 0.29) is 32.0 Å². The molecule has 1 aromatic carbocycles. The van der Waals surface area contributed by atoms with Crippen LogP contribution in [0.15, 0.2) is 29.8 Å². The maximum atomic E-state index is 13.4. The van der Waals surface area contributed by atoms with E-state index in [9.17, 15) is 24.6 Å². The molecule has 0 spiro atoms. The molecule has 10 heteroatoms. The zero-order valence-corrected chi connectivity index (χ0v) is 22.7. The Morgan fingerprint density at radius 3 is 2.22 bits per heavy atom. The molecule has 1 heterocycles. The Morgan fingerprint density at radius 2 is 1.75 bits per heavy atom. The molecule has 0 saturated carbocycles. The van der Waals surface area contributed by atoms with Crippen molar-refractivity contribution in [3.8, 4) is 10.4 Å². The first kappa shape index (κ1) is 29.4. The molecule has 0 aliphatic heterocycles. The Bertz CT molecular complexity index is 1030. The number of aromatic nitrogens is 1. The lowest BCUT2D eigenvalue weighted by Crippen LogP contribution is -2.57. The number of thiazole rings is 1. The van der Waals surface area contributed by atoms with Crippen molar-refractivity contribution < 1.29 is 24.6 Å². The van der Waals surface area contributed by atoms with Crippen molar-refractivity contribution in [3.63, 3.8) is 0 Å². The first-order valence-electron chi connectivity index (χ1n) is 12.0. The van der Waals surface area contributed by atoms with Gasteiger partial charge < -0.3 is 25.7 Å². The number of benzene rings is 1. The molecule has 198 valence electrons. The molecule has 0 fully saturated rings. The number of carbonyl (C=O) groups excluding carboxylic acids is 3. The Kier molecular flexibility index (Phi) is 10.6. The van der Waals surface area contributed by atoms with Gasteiger partial charge in [-0.3, -0.25) is 14.4 Å². The number of aliphatic hydroxyl groups is 2. The minimum atomic E-state index is -0.874. The third-order valence-corrected chi connectivity index (χ3v) is 6.69. The van der Waals surface area contributed by atoms with E-state index in [0.29, 0.717) is 5.56 Å². The first-order chi connectivity index (χ1) is 16.9. The molecule has 0 aliphatic rings. The average Bonchev–Trinajstić information content (AvgIpc) is 3.24. The number of nitrogens with one attached hydrogen (secondary N) is 2. The molecular formula is C26H38N4O5S. The SMILES string of the molecule is CCC(=O)NC(C(=O)N(CC(=O)NC(CO)c1ccc(-c2scnc2C)cc1)CC(C)O)C(C)(C)C. The molecule has 0 aliphatic carbocycles. The second-order valence-electron chi connectivity index (χ2n) is 9.98. The van der Waals surface area contributed by atoms with Gasteiger partial charge in [-0.15, -0.1) is 11.3 Å². The fourth-order valence-corrected chi connectivity index (χ4v) is 4.55. The van der Waals surface area contributed by atoms with Crippen LogP contribution in [0.3, 0.4) is 0 Å². The van der Waals surface area contributed by atoms with Crippen molar-refractivity contribution in [2.75, 3.05) is 19.7 Å². The van der Waals surface area contributed by atoms with Gasteiger partial charge in [0.1, 0.15) is 6.04 Å². The summed E-state index contributed by atoms with van der Waals surface area (Å²) in [6, 6.07) is 5.97. The fraction of sp³-hybridized carbons (Fsp3) is 0.538. The van der Waals surface area contributed by atoms with E-state index in [1.807, 2.05) is 52.0 Å². The smallest absolute Gasteiger partial charge is 0.246 e. The number of aliphatic hydroxyl groups excluding tert-OH is 2. The van der Waals surface area contributed by atoms with E-state index in [4.69, 9.17) is 0 Å². The Hall–Kier alpha value is -2.82. The Balaban J connectivity index is 2.16. The van der Waals surface area contributed by atoms with Gasteiger partial charge in [0.25, 0.3) is 0 Å². The topological polar surface area (TPSA) is 132 Å². The van der Waals surface area contributed by atoms with Crippen LogP contribution in [-0.2, 0) is 14.4 Å². The van der Waals surface area contributed by atoms with Gasteiger partial charge >= 0.3 is 0 Å². The van der Waals surface area contributed by atoms with Crippen molar-refractivity contribution in [3.05, 3.63) is 41.0 Å². The summed E-state index contributed by atoms with van der Waals surface area (Å²) >= 11 is 1.54. The lowest BCUT2D eigenvalue weighted by molar-refractivity contribution is -0.143. The summed E-state index contributed by atoms with van der Waals surface area (Å²) in [6.07, 6.45) is -0.656. The molecule has 0 saturated heterocycles. The molecule has 2 rings (SSSR count). The molecule has 36 heavy (non-hydrogen) atoms. The van der Waals surface area contributed by atoms with E-state index < -0.39 is 35.4 Å². The molecule has 9 nitrogen and oxygen atoms in total. The highest BCUT2D eigenvalue weighted by atomic mass is 32.1. The largest absolute Gasteiger partial charge is 0.394 e. The number of amides is 3. The summed E-state index contributed by atoms with van der Waals surface area (Å²) < 4.78 is 0. The van der Waals surface area contributed by atoms with Crippen LogP contribution in [0.4, 0.5) is 0 Å².